The largest absolute Gasteiger partial charge is 0.379 e. The molecule has 3 unspecified atom stereocenters. The molecule has 3 fully saturated rings. The van der Waals surface area contributed by atoms with E-state index < -0.39 is 5.54 Å². The van der Waals surface area contributed by atoms with Crippen LogP contribution in [0.3, 0.4) is 0 Å². The van der Waals surface area contributed by atoms with Crippen molar-refractivity contribution in [2.75, 3.05) is 13.2 Å². The van der Waals surface area contributed by atoms with Gasteiger partial charge in [-0.3, -0.25) is 9.59 Å². The first-order valence-electron chi connectivity index (χ1n) is 8.17. The number of rotatable bonds is 3. The van der Waals surface area contributed by atoms with Crippen LogP contribution < -0.4 is 5.32 Å². The maximum atomic E-state index is 13.1. The van der Waals surface area contributed by atoms with E-state index in [4.69, 9.17) is 4.74 Å². The van der Waals surface area contributed by atoms with Crippen molar-refractivity contribution in [1.82, 2.24) is 10.2 Å². The molecule has 5 heteroatoms. The summed E-state index contributed by atoms with van der Waals surface area (Å²) < 4.78 is 5.57. The highest BCUT2D eigenvalue weighted by Crippen LogP contribution is 2.43. The molecule has 1 aliphatic carbocycles. The van der Waals surface area contributed by atoms with E-state index in [1.807, 2.05) is 25.7 Å². The molecule has 3 atom stereocenters. The molecular formula is C16H26N2O3. The van der Waals surface area contributed by atoms with Crippen molar-refractivity contribution in [3.05, 3.63) is 0 Å². The Balaban J connectivity index is 1.92. The lowest BCUT2D eigenvalue weighted by atomic mass is 9.85. The summed E-state index contributed by atoms with van der Waals surface area (Å²) in [5.41, 5.74) is -0.708. The molecule has 0 aromatic rings. The van der Waals surface area contributed by atoms with Gasteiger partial charge in [-0.25, -0.2) is 0 Å². The van der Waals surface area contributed by atoms with Crippen LogP contribution in [0.5, 0.6) is 0 Å². The molecule has 1 N–H and O–H groups in total. The van der Waals surface area contributed by atoms with Crippen LogP contribution in [0.25, 0.3) is 0 Å². The first-order valence-corrected chi connectivity index (χ1v) is 8.17. The number of hydrogen-bond donors (Lipinski definition) is 1. The molecule has 0 aromatic carbocycles. The summed E-state index contributed by atoms with van der Waals surface area (Å²) in [5.74, 6) is 0.511. The van der Waals surface area contributed by atoms with Crippen molar-refractivity contribution in [2.45, 2.75) is 64.1 Å². The summed E-state index contributed by atoms with van der Waals surface area (Å²) in [7, 11) is 0. The van der Waals surface area contributed by atoms with E-state index >= 15 is 0 Å². The molecule has 0 aromatic heterocycles. The highest BCUT2D eigenvalue weighted by molar-refractivity contribution is 6.00. The normalized spacial score (nSPS) is 37.8. The Morgan fingerprint density at radius 2 is 2.00 bits per heavy atom. The van der Waals surface area contributed by atoms with Gasteiger partial charge in [-0.1, -0.05) is 13.8 Å². The van der Waals surface area contributed by atoms with Crippen molar-refractivity contribution >= 4 is 11.8 Å². The summed E-state index contributed by atoms with van der Waals surface area (Å²) in [6, 6.07) is -0.321. The number of nitrogens with zero attached hydrogens (tertiary/aromatic N) is 1. The number of nitrogens with one attached hydrogen (secondary N) is 1. The van der Waals surface area contributed by atoms with Crippen LogP contribution in [-0.2, 0) is 14.3 Å². The predicted molar refractivity (Wildman–Crippen MR) is 78.6 cm³/mol. The molecule has 3 aliphatic rings. The smallest absolute Gasteiger partial charge is 0.249 e. The van der Waals surface area contributed by atoms with E-state index in [-0.39, 0.29) is 29.8 Å². The molecule has 1 saturated carbocycles. The Labute approximate surface area is 126 Å². The third kappa shape index (κ3) is 2.45. The van der Waals surface area contributed by atoms with Gasteiger partial charge in [-0.15, -0.1) is 0 Å². The molecule has 2 heterocycles. The van der Waals surface area contributed by atoms with E-state index in [9.17, 15) is 9.59 Å². The number of carbonyl (C=O) groups excluding carboxylic acids is 2. The van der Waals surface area contributed by atoms with Crippen molar-refractivity contribution in [2.24, 2.45) is 11.8 Å². The minimum Gasteiger partial charge on any atom is -0.379 e. The van der Waals surface area contributed by atoms with E-state index in [0.717, 1.165) is 32.3 Å². The minimum absolute atomic E-state index is 0.00423. The van der Waals surface area contributed by atoms with E-state index in [1.165, 1.54) is 0 Å². The van der Waals surface area contributed by atoms with Gasteiger partial charge in [0.25, 0.3) is 0 Å². The zero-order valence-corrected chi connectivity index (χ0v) is 13.2. The molecule has 0 bridgehead atoms. The maximum absolute atomic E-state index is 13.1. The fourth-order valence-electron chi connectivity index (χ4n) is 3.80. The van der Waals surface area contributed by atoms with Gasteiger partial charge in [0.15, 0.2) is 0 Å². The van der Waals surface area contributed by atoms with Gasteiger partial charge >= 0.3 is 0 Å². The van der Waals surface area contributed by atoms with E-state index in [0.29, 0.717) is 12.5 Å². The summed E-state index contributed by atoms with van der Waals surface area (Å²) in [6.45, 7) is 7.24. The summed E-state index contributed by atoms with van der Waals surface area (Å²) >= 11 is 0. The van der Waals surface area contributed by atoms with Crippen molar-refractivity contribution in [3.63, 3.8) is 0 Å². The van der Waals surface area contributed by atoms with Crippen LogP contribution in [-0.4, -0.2) is 47.6 Å². The highest BCUT2D eigenvalue weighted by atomic mass is 16.5. The van der Waals surface area contributed by atoms with Gasteiger partial charge < -0.3 is 15.0 Å². The Morgan fingerprint density at radius 3 is 2.52 bits per heavy atom. The van der Waals surface area contributed by atoms with Crippen LogP contribution in [0.4, 0.5) is 0 Å². The van der Waals surface area contributed by atoms with Crippen molar-refractivity contribution in [3.8, 4) is 0 Å². The van der Waals surface area contributed by atoms with Crippen LogP contribution in [0.15, 0.2) is 0 Å². The molecule has 2 aliphatic heterocycles. The summed E-state index contributed by atoms with van der Waals surface area (Å²) in [4.78, 5) is 27.6. The quantitative estimate of drug-likeness (QED) is 0.854. The monoisotopic (exact) mass is 294 g/mol. The maximum Gasteiger partial charge on any atom is 0.249 e. The van der Waals surface area contributed by atoms with Gasteiger partial charge in [0.05, 0.1) is 12.6 Å². The molecule has 21 heavy (non-hydrogen) atoms. The Morgan fingerprint density at radius 1 is 1.29 bits per heavy atom. The second-order valence-electron chi connectivity index (χ2n) is 7.24. The van der Waals surface area contributed by atoms with Gasteiger partial charge in [0.2, 0.25) is 11.8 Å². The minimum atomic E-state index is -0.708. The lowest BCUT2D eigenvalue weighted by Crippen LogP contribution is -2.73. The van der Waals surface area contributed by atoms with E-state index in [2.05, 4.69) is 5.32 Å². The summed E-state index contributed by atoms with van der Waals surface area (Å²) in [5, 5.41) is 3.03. The zero-order valence-electron chi connectivity index (χ0n) is 13.2. The third-order valence-electron chi connectivity index (χ3n) is 5.18. The van der Waals surface area contributed by atoms with Crippen LogP contribution in [0, 0.1) is 11.8 Å². The molecule has 3 rings (SSSR count). The average Bonchev–Trinajstić information content (AvgIpc) is 3.28. The number of piperazine rings is 1. The predicted octanol–water partition coefficient (Wildman–Crippen LogP) is 1.32. The zero-order chi connectivity index (χ0) is 15.2. The molecule has 2 saturated heterocycles. The Bertz CT molecular complexity index is 441. The third-order valence-corrected chi connectivity index (χ3v) is 5.18. The summed E-state index contributed by atoms with van der Waals surface area (Å²) in [6.07, 6.45) is 3.96. The van der Waals surface area contributed by atoms with Gasteiger partial charge in [0, 0.05) is 6.61 Å². The van der Waals surface area contributed by atoms with Crippen LogP contribution in [0.2, 0.25) is 0 Å². The highest BCUT2D eigenvalue weighted by Gasteiger charge is 2.57. The van der Waals surface area contributed by atoms with Crippen LogP contribution in [0.1, 0.15) is 46.5 Å². The number of carbonyl (C=O) groups is 2. The molecule has 5 nitrogen and oxygen atoms in total. The lowest BCUT2D eigenvalue weighted by Gasteiger charge is -2.49. The second kappa shape index (κ2) is 5.27. The molecular weight excluding hydrogens is 268 g/mol. The first kappa shape index (κ1) is 14.8. The standard InChI is InChI=1S/C16H26N2O3/c1-10(2)13-14(19)17-16(3,11-6-7-11)15(20)18(13)12-5-4-8-21-9-12/h10-13H,4-9H2,1-3H3,(H,17,19). The topological polar surface area (TPSA) is 58.6 Å². The molecule has 2 amide bonds. The van der Waals surface area contributed by atoms with Gasteiger partial charge in [-0.05, 0) is 44.4 Å². The number of hydrogen-bond acceptors (Lipinski definition) is 3. The van der Waals surface area contributed by atoms with Gasteiger partial charge in [-0.2, -0.15) is 0 Å². The van der Waals surface area contributed by atoms with Crippen LogP contribution >= 0.6 is 0 Å². The van der Waals surface area contributed by atoms with Crippen molar-refractivity contribution in [1.29, 1.82) is 0 Å². The molecule has 0 spiro atoms. The SMILES string of the molecule is CC(C)C1C(=O)NC(C)(C2CC2)C(=O)N1C1CCCOC1. The molecule has 0 radical (unpaired) electrons. The Kier molecular flexibility index (Phi) is 3.72. The fraction of sp³-hybridized carbons (Fsp3) is 0.875. The first-order chi connectivity index (χ1) is 9.95. The van der Waals surface area contributed by atoms with Gasteiger partial charge in [0.1, 0.15) is 11.6 Å². The van der Waals surface area contributed by atoms with Crippen molar-refractivity contribution < 1.29 is 14.3 Å². The number of amides is 2. The number of ether oxygens (including phenoxy) is 1. The Hall–Kier alpha value is -1.10. The average molecular weight is 294 g/mol. The molecule has 118 valence electrons. The second-order valence-corrected chi connectivity index (χ2v) is 7.24. The van der Waals surface area contributed by atoms with E-state index in [1.54, 1.807) is 0 Å². The lowest BCUT2D eigenvalue weighted by molar-refractivity contribution is -0.163. The fourth-order valence-corrected chi connectivity index (χ4v) is 3.80.